The van der Waals surface area contributed by atoms with Gasteiger partial charge in [-0.05, 0) is 24.8 Å². The monoisotopic (exact) mass is 307 g/mol. The number of carbonyl (C=O) groups is 2. The van der Waals surface area contributed by atoms with Gasteiger partial charge in [-0.1, -0.05) is 33.1 Å². The number of rotatable bonds is 5. The van der Waals surface area contributed by atoms with E-state index < -0.39 is 11.4 Å². The lowest BCUT2D eigenvalue weighted by atomic mass is 9.74. The third kappa shape index (κ3) is 3.31. The zero-order valence-electron chi connectivity index (χ0n) is 13.6. The minimum Gasteiger partial charge on any atom is -0.481 e. The molecule has 6 heteroatoms. The van der Waals surface area contributed by atoms with Crippen molar-refractivity contribution in [2.24, 2.45) is 12.5 Å². The number of carboxylic acids is 1. The molecule has 1 amide bonds. The summed E-state index contributed by atoms with van der Waals surface area (Å²) in [4.78, 5) is 24.0. The van der Waals surface area contributed by atoms with Gasteiger partial charge in [0.2, 0.25) is 0 Å². The Morgan fingerprint density at radius 1 is 1.36 bits per heavy atom. The van der Waals surface area contributed by atoms with Crippen molar-refractivity contribution in [1.29, 1.82) is 0 Å². The number of hydrogen-bond acceptors (Lipinski definition) is 3. The third-order valence-electron chi connectivity index (χ3n) is 4.57. The zero-order valence-corrected chi connectivity index (χ0v) is 13.6. The first-order valence-electron chi connectivity index (χ1n) is 7.91. The quantitative estimate of drug-likeness (QED) is 0.874. The van der Waals surface area contributed by atoms with Crippen molar-refractivity contribution in [3.8, 4) is 0 Å². The Balaban J connectivity index is 2.07. The minimum absolute atomic E-state index is 0.184. The largest absolute Gasteiger partial charge is 0.481 e. The van der Waals surface area contributed by atoms with Gasteiger partial charge in [-0.2, -0.15) is 5.10 Å². The molecule has 2 rings (SSSR count). The fraction of sp³-hybridized carbons (Fsp3) is 0.688. The van der Waals surface area contributed by atoms with Gasteiger partial charge in [-0.15, -0.1) is 0 Å². The van der Waals surface area contributed by atoms with Crippen LogP contribution < -0.4 is 5.32 Å². The highest BCUT2D eigenvalue weighted by molar-refractivity contribution is 5.93. The first kappa shape index (κ1) is 16.5. The van der Waals surface area contributed by atoms with Crippen LogP contribution in [0, 0.1) is 5.41 Å². The number of aliphatic carboxylic acids is 1. The van der Waals surface area contributed by atoms with Gasteiger partial charge in [0.25, 0.3) is 5.91 Å². The summed E-state index contributed by atoms with van der Waals surface area (Å²) in [6.07, 6.45) is 4.15. The average molecular weight is 307 g/mol. The second-order valence-electron chi connectivity index (χ2n) is 6.56. The van der Waals surface area contributed by atoms with E-state index in [4.69, 9.17) is 0 Å². The molecule has 1 aliphatic carbocycles. The van der Waals surface area contributed by atoms with E-state index in [1.807, 2.05) is 13.8 Å². The molecule has 0 atom stereocenters. The molecular formula is C16H25N3O3. The molecule has 0 bridgehead atoms. The van der Waals surface area contributed by atoms with E-state index in [0.29, 0.717) is 18.5 Å². The molecule has 22 heavy (non-hydrogen) atoms. The number of carboxylic acid groups (broad SMARTS) is 1. The molecule has 1 aliphatic rings. The SMILES string of the molecule is CC(C)c1cc(C(=O)NCC2(C(=O)O)CCCCC2)n(C)n1. The summed E-state index contributed by atoms with van der Waals surface area (Å²) in [5.74, 6) is -0.815. The van der Waals surface area contributed by atoms with Crippen LogP contribution in [-0.4, -0.2) is 33.3 Å². The molecule has 122 valence electrons. The number of aryl methyl sites for hydroxylation is 1. The first-order valence-corrected chi connectivity index (χ1v) is 7.91. The van der Waals surface area contributed by atoms with Crippen LogP contribution in [0.25, 0.3) is 0 Å². The molecule has 1 fully saturated rings. The highest BCUT2D eigenvalue weighted by atomic mass is 16.4. The lowest BCUT2D eigenvalue weighted by Crippen LogP contribution is -2.44. The van der Waals surface area contributed by atoms with Crippen LogP contribution in [0.15, 0.2) is 6.07 Å². The number of aromatic nitrogens is 2. The normalized spacial score (nSPS) is 17.5. The van der Waals surface area contributed by atoms with E-state index in [1.165, 1.54) is 0 Å². The van der Waals surface area contributed by atoms with E-state index in [0.717, 1.165) is 25.0 Å². The second-order valence-corrected chi connectivity index (χ2v) is 6.56. The molecule has 0 aromatic carbocycles. The van der Waals surface area contributed by atoms with Crippen molar-refractivity contribution < 1.29 is 14.7 Å². The van der Waals surface area contributed by atoms with E-state index in [1.54, 1.807) is 17.8 Å². The molecule has 0 unspecified atom stereocenters. The van der Waals surface area contributed by atoms with Gasteiger partial charge in [0.15, 0.2) is 0 Å². The lowest BCUT2D eigenvalue weighted by Gasteiger charge is -2.33. The Morgan fingerprint density at radius 3 is 2.50 bits per heavy atom. The maximum absolute atomic E-state index is 12.3. The molecule has 2 N–H and O–H groups in total. The van der Waals surface area contributed by atoms with Gasteiger partial charge in [0.05, 0.1) is 11.1 Å². The van der Waals surface area contributed by atoms with Crippen LogP contribution in [0.5, 0.6) is 0 Å². The standard InChI is InChI=1S/C16H25N3O3/c1-11(2)12-9-13(19(3)18-12)14(20)17-10-16(15(21)22)7-5-4-6-8-16/h9,11H,4-8,10H2,1-3H3,(H,17,20)(H,21,22). The molecule has 1 aromatic heterocycles. The van der Waals surface area contributed by atoms with Crippen molar-refractivity contribution in [2.75, 3.05) is 6.54 Å². The summed E-state index contributed by atoms with van der Waals surface area (Å²) in [6, 6.07) is 1.77. The number of nitrogens with one attached hydrogen (secondary N) is 1. The Bertz CT molecular complexity index is 557. The highest BCUT2D eigenvalue weighted by Crippen LogP contribution is 2.36. The van der Waals surface area contributed by atoms with Crippen LogP contribution in [0.4, 0.5) is 0 Å². The highest BCUT2D eigenvalue weighted by Gasteiger charge is 2.40. The molecule has 0 radical (unpaired) electrons. The van der Waals surface area contributed by atoms with E-state index in [-0.39, 0.29) is 18.4 Å². The van der Waals surface area contributed by atoms with Crippen molar-refractivity contribution in [1.82, 2.24) is 15.1 Å². The van der Waals surface area contributed by atoms with Gasteiger partial charge in [0.1, 0.15) is 5.69 Å². The van der Waals surface area contributed by atoms with Gasteiger partial charge in [0, 0.05) is 13.6 Å². The van der Waals surface area contributed by atoms with Crippen molar-refractivity contribution in [3.63, 3.8) is 0 Å². The number of hydrogen-bond donors (Lipinski definition) is 2. The van der Waals surface area contributed by atoms with Gasteiger partial charge < -0.3 is 10.4 Å². The molecular weight excluding hydrogens is 282 g/mol. The van der Waals surface area contributed by atoms with Gasteiger partial charge in [-0.25, -0.2) is 0 Å². The first-order chi connectivity index (χ1) is 10.4. The molecule has 0 spiro atoms. The molecule has 0 saturated heterocycles. The summed E-state index contributed by atoms with van der Waals surface area (Å²) >= 11 is 0. The predicted molar refractivity (Wildman–Crippen MR) is 82.8 cm³/mol. The number of nitrogens with zero attached hydrogens (tertiary/aromatic N) is 2. The fourth-order valence-electron chi connectivity index (χ4n) is 3.02. The molecule has 1 heterocycles. The van der Waals surface area contributed by atoms with Crippen LogP contribution in [0.1, 0.15) is 68.1 Å². The number of amides is 1. The zero-order chi connectivity index (χ0) is 16.3. The topological polar surface area (TPSA) is 84.2 Å². The van der Waals surface area contributed by atoms with Crippen LogP contribution in [-0.2, 0) is 11.8 Å². The van der Waals surface area contributed by atoms with Crippen LogP contribution >= 0.6 is 0 Å². The minimum atomic E-state index is -0.812. The van der Waals surface area contributed by atoms with E-state index in [9.17, 15) is 14.7 Å². The summed E-state index contributed by atoms with van der Waals surface area (Å²) in [6.45, 7) is 4.22. The summed E-state index contributed by atoms with van der Waals surface area (Å²) in [5, 5.41) is 16.7. The van der Waals surface area contributed by atoms with Crippen LogP contribution in [0.3, 0.4) is 0 Å². The predicted octanol–water partition coefficient (Wildman–Crippen LogP) is 2.31. The van der Waals surface area contributed by atoms with E-state index in [2.05, 4.69) is 10.4 Å². The Morgan fingerprint density at radius 2 is 2.00 bits per heavy atom. The molecule has 1 saturated carbocycles. The Labute approximate surface area is 130 Å². The van der Waals surface area contributed by atoms with Crippen molar-refractivity contribution in [3.05, 3.63) is 17.5 Å². The van der Waals surface area contributed by atoms with Gasteiger partial charge in [-0.3, -0.25) is 14.3 Å². The summed E-state index contributed by atoms with van der Waals surface area (Å²) < 4.78 is 1.55. The number of carbonyl (C=O) groups excluding carboxylic acids is 1. The van der Waals surface area contributed by atoms with E-state index >= 15 is 0 Å². The third-order valence-corrected chi connectivity index (χ3v) is 4.57. The molecule has 0 aliphatic heterocycles. The van der Waals surface area contributed by atoms with Gasteiger partial charge >= 0.3 is 5.97 Å². The average Bonchev–Trinajstić information content (AvgIpc) is 2.88. The van der Waals surface area contributed by atoms with Crippen LogP contribution in [0.2, 0.25) is 0 Å². The van der Waals surface area contributed by atoms with Crippen molar-refractivity contribution >= 4 is 11.9 Å². The Kier molecular flexibility index (Phi) is 4.88. The summed E-state index contributed by atoms with van der Waals surface area (Å²) in [5.41, 5.74) is 0.520. The van der Waals surface area contributed by atoms with Crippen molar-refractivity contribution in [2.45, 2.75) is 51.9 Å². The summed E-state index contributed by atoms with van der Waals surface area (Å²) in [7, 11) is 1.73. The maximum Gasteiger partial charge on any atom is 0.311 e. The Hall–Kier alpha value is -1.85. The fourth-order valence-corrected chi connectivity index (χ4v) is 3.02. The maximum atomic E-state index is 12.3. The second kappa shape index (κ2) is 6.50. The lowest BCUT2D eigenvalue weighted by molar-refractivity contribution is -0.150. The molecule has 6 nitrogen and oxygen atoms in total. The smallest absolute Gasteiger partial charge is 0.311 e. The molecule has 1 aromatic rings.